The lowest BCUT2D eigenvalue weighted by Gasteiger charge is -2.49. The molecule has 0 spiro atoms. The van der Waals surface area contributed by atoms with E-state index in [1.807, 2.05) is 60.7 Å². The summed E-state index contributed by atoms with van der Waals surface area (Å²) < 4.78 is 11.3. The molecule has 0 atom stereocenters. The molecule has 2 aromatic rings. The second-order valence-electron chi connectivity index (χ2n) is 7.97. The van der Waals surface area contributed by atoms with Crippen LogP contribution in [0.2, 0.25) is 0 Å². The molecular formula is C26H32O4. The van der Waals surface area contributed by atoms with Crippen molar-refractivity contribution in [2.45, 2.75) is 51.4 Å². The minimum Gasteiger partial charge on any atom is -0.465 e. The number of hydrogen-bond donors (Lipinski definition) is 0. The molecule has 30 heavy (non-hydrogen) atoms. The van der Waals surface area contributed by atoms with Crippen LogP contribution in [-0.2, 0) is 19.1 Å². The monoisotopic (exact) mass is 408 g/mol. The third-order valence-electron chi connectivity index (χ3n) is 5.95. The van der Waals surface area contributed by atoms with Crippen molar-refractivity contribution < 1.29 is 19.1 Å². The first-order valence-corrected chi connectivity index (χ1v) is 11.1. The fourth-order valence-corrected chi connectivity index (χ4v) is 4.34. The van der Waals surface area contributed by atoms with E-state index in [0.717, 1.165) is 36.8 Å². The van der Waals surface area contributed by atoms with Gasteiger partial charge in [-0.2, -0.15) is 0 Å². The lowest BCUT2D eigenvalue weighted by Crippen LogP contribution is -2.52. The third kappa shape index (κ3) is 4.92. The van der Waals surface area contributed by atoms with Gasteiger partial charge in [0.15, 0.2) is 0 Å². The van der Waals surface area contributed by atoms with Gasteiger partial charge in [-0.1, -0.05) is 87.4 Å². The topological polar surface area (TPSA) is 52.6 Å². The highest BCUT2D eigenvalue weighted by molar-refractivity contribution is 5.85. The molecule has 0 saturated heterocycles. The SMILES string of the molecule is CCCCOC(=O)C1C(c2ccccc2)C(C(=O)OCCCC)C1c1ccccc1. The Morgan fingerprint density at radius 2 is 1.03 bits per heavy atom. The predicted molar refractivity (Wildman–Crippen MR) is 117 cm³/mol. The average Bonchev–Trinajstić information content (AvgIpc) is 2.75. The average molecular weight is 409 g/mol. The highest BCUT2D eigenvalue weighted by Gasteiger charge is 2.59. The Kier molecular flexibility index (Phi) is 8.06. The van der Waals surface area contributed by atoms with E-state index < -0.39 is 11.8 Å². The number of esters is 2. The summed E-state index contributed by atoms with van der Waals surface area (Å²) in [5, 5.41) is 0. The maximum atomic E-state index is 13.1. The highest BCUT2D eigenvalue weighted by atomic mass is 16.5. The van der Waals surface area contributed by atoms with Gasteiger partial charge >= 0.3 is 11.9 Å². The first-order chi connectivity index (χ1) is 14.7. The van der Waals surface area contributed by atoms with Crippen LogP contribution in [0, 0.1) is 11.8 Å². The van der Waals surface area contributed by atoms with Crippen LogP contribution in [0.4, 0.5) is 0 Å². The van der Waals surface area contributed by atoms with Crippen molar-refractivity contribution in [3.63, 3.8) is 0 Å². The normalized spacial score (nSPS) is 22.7. The van der Waals surface area contributed by atoms with Crippen LogP contribution in [-0.4, -0.2) is 25.2 Å². The Bertz CT molecular complexity index is 725. The van der Waals surface area contributed by atoms with E-state index in [1.165, 1.54) is 0 Å². The van der Waals surface area contributed by atoms with Crippen LogP contribution in [0.1, 0.15) is 62.5 Å². The van der Waals surface area contributed by atoms with Gasteiger partial charge in [-0.3, -0.25) is 9.59 Å². The van der Waals surface area contributed by atoms with Crippen molar-refractivity contribution in [2.24, 2.45) is 11.8 Å². The molecule has 0 heterocycles. The molecule has 1 aliphatic carbocycles. The zero-order valence-corrected chi connectivity index (χ0v) is 18.0. The van der Waals surface area contributed by atoms with Crippen LogP contribution in [0.15, 0.2) is 60.7 Å². The Labute approximate surface area is 179 Å². The molecule has 0 aromatic heterocycles. The Morgan fingerprint density at radius 1 is 0.667 bits per heavy atom. The number of unbranched alkanes of at least 4 members (excludes halogenated alkanes) is 2. The molecule has 4 heteroatoms. The minimum absolute atomic E-state index is 0.219. The van der Waals surface area contributed by atoms with E-state index in [2.05, 4.69) is 13.8 Å². The van der Waals surface area contributed by atoms with Gasteiger partial charge in [0.05, 0.1) is 25.0 Å². The van der Waals surface area contributed by atoms with E-state index in [9.17, 15) is 9.59 Å². The Hall–Kier alpha value is -2.62. The zero-order valence-electron chi connectivity index (χ0n) is 18.0. The second-order valence-corrected chi connectivity index (χ2v) is 7.97. The first kappa shape index (κ1) is 22.1. The summed E-state index contributed by atoms with van der Waals surface area (Å²) in [4.78, 5) is 26.2. The standard InChI is InChI=1S/C26H32O4/c1-3-5-17-29-25(27)23-21(19-13-9-7-10-14-19)24(26(28)30-18-6-4-2)22(23)20-15-11-8-12-16-20/h7-16,21-24H,3-6,17-18H2,1-2H3. The number of carbonyl (C=O) groups is 2. The molecule has 3 rings (SSSR count). The number of rotatable bonds is 10. The lowest BCUT2D eigenvalue weighted by molar-refractivity contribution is -0.167. The van der Waals surface area contributed by atoms with Gasteiger partial charge in [0.1, 0.15) is 0 Å². The van der Waals surface area contributed by atoms with Crippen LogP contribution >= 0.6 is 0 Å². The number of benzene rings is 2. The van der Waals surface area contributed by atoms with E-state index in [1.54, 1.807) is 0 Å². The molecule has 1 aliphatic rings. The van der Waals surface area contributed by atoms with Gasteiger partial charge in [0.25, 0.3) is 0 Å². The summed E-state index contributed by atoms with van der Waals surface area (Å²) in [6.07, 6.45) is 3.61. The molecule has 1 saturated carbocycles. The predicted octanol–water partition coefficient (Wildman–Crippen LogP) is 5.49. The summed E-state index contributed by atoms with van der Waals surface area (Å²) in [7, 11) is 0. The molecule has 0 N–H and O–H groups in total. The van der Waals surface area contributed by atoms with Gasteiger partial charge in [0, 0.05) is 11.8 Å². The molecule has 1 fully saturated rings. The molecule has 0 aliphatic heterocycles. The fourth-order valence-electron chi connectivity index (χ4n) is 4.34. The lowest BCUT2D eigenvalue weighted by atomic mass is 9.52. The van der Waals surface area contributed by atoms with E-state index >= 15 is 0 Å². The van der Waals surface area contributed by atoms with Crippen molar-refractivity contribution in [3.8, 4) is 0 Å². The van der Waals surface area contributed by atoms with Gasteiger partial charge in [-0.25, -0.2) is 0 Å². The Morgan fingerprint density at radius 3 is 1.37 bits per heavy atom. The second kappa shape index (κ2) is 11.0. The van der Waals surface area contributed by atoms with Crippen LogP contribution in [0.25, 0.3) is 0 Å². The molecule has 160 valence electrons. The third-order valence-corrected chi connectivity index (χ3v) is 5.95. The van der Waals surface area contributed by atoms with E-state index in [4.69, 9.17) is 9.47 Å². The largest absolute Gasteiger partial charge is 0.465 e. The molecule has 0 bridgehead atoms. The zero-order chi connectivity index (χ0) is 21.3. The van der Waals surface area contributed by atoms with Crippen molar-refractivity contribution in [1.29, 1.82) is 0 Å². The van der Waals surface area contributed by atoms with Gasteiger partial charge < -0.3 is 9.47 Å². The first-order valence-electron chi connectivity index (χ1n) is 11.1. The van der Waals surface area contributed by atoms with Crippen LogP contribution in [0.5, 0.6) is 0 Å². The highest BCUT2D eigenvalue weighted by Crippen LogP contribution is 2.58. The van der Waals surface area contributed by atoms with Gasteiger partial charge in [0.2, 0.25) is 0 Å². The molecule has 0 amide bonds. The van der Waals surface area contributed by atoms with Crippen molar-refractivity contribution in [3.05, 3.63) is 71.8 Å². The number of carbonyl (C=O) groups excluding carboxylic acids is 2. The van der Waals surface area contributed by atoms with Crippen LogP contribution < -0.4 is 0 Å². The van der Waals surface area contributed by atoms with Crippen molar-refractivity contribution in [1.82, 2.24) is 0 Å². The van der Waals surface area contributed by atoms with Crippen molar-refractivity contribution >= 4 is 11.9 Å². The van der Waals surface area contributed by atoms with Crippen LogP contribution in [0.3, 0.4) is 0 Å². The molecular weight excluding hydrogens is 376 g/mol. The smallest absolute Gasteiger partial charge is 0.310 e. The molecule has 2 aromatic carbocycles. The van der Waals surface area contributed by atoms with E-state index in [-0.39, 0.29) is 23.8 Å². The maximum absolute atomic E-state index is 13.1. The maximum Gasteiger partial charge on any atom is 0.310 e. The van der Waals surface area contributed by atoms with Crippen molar-refractivity contribution in [2.75, 3.05) is 13.2 Å². The van der Waals surface area contributed by atoms with Gasteiger partial charge in [-0.15, -0.1) is 0 Å². The molecule has 0 radical (unpaired) electrons. The molecule has 4 nitrogen and oxygen atoms in total. The quantitative estimate of drug-likeness (QED) is 0.385. The number of hydrogen-bond acceptors (Lipinski definition) is 4. The Balaban J connectivity index is 1.93. The summed E-state index contributed by atoms with van der Waals surface area (Å²) in [6, 6.07) is 19.6. The van der Waals surface area contributed by atoms with E-state index in [0.29, 0.717) is 13.2 Å². The summed E-state index contributed by atoms with van der Waals surface area (Å²) >= 11 is 0. The van der Waals surface area contributed by atoms with Gasteiger partial charge in [-0.05, 0) is 24.0 Å². The fraction of sp³-hybridized carbons (Fsp3) is 0.462. The molecule has 0 unspecified atom stereocenters. The summed E-state index contributed by atoms with van der Waals surface area (Å²) in [5.41, 5.74) is 1.97. The summed E-state index contributed by atoms with van der Waals surface area (Å²) in [6.45, 7) is 4.97. The minimum atomic E-state index is -0.393. The number of ether oxygens (including phenoxy) is 2. The summed E-state index contributed by atoms with van der Waals surface area (Å²) in [5.74, 6) is -1.70.